The molecule has 2 fully saturated rings. The average molecular weight is 487 g/mol. The van der Waals surface area contributed by atoms with E-state index in [1.165, 1.54) is 4.68 Å². The van der Waals surface area contributed by atoms with Gasteiger partial charge in [0.05, 0.1) is 45.0 Å². The van der Waals surface area contributed by atoms with Gasteiger partial charge < -0.3 is 4.57 Å². The first-order valence-electron chi connectivity index (χ1n) is 12.4. The van der Waals surface area contributed by atoms with Crippen molar-refractivity contribution >= 4 is 21.9 Å². The number of pyridine rings is 1. The van der Waals surface area contributed by atoms with Crippen LogP contribution in [0.3, 0.4) is 0 Å². The molecule has 0 aliphatic heterocycles. The Labute approximate surface area is 211 Å². The van der Waals surface area contributed by atoms with Crippen molar-refractivity contribution in [1.29, 1.82) is 10.5 Å². The zero-order chi connectivity index (χ0) is 25.3. The van der Waals surface area contributed by atoms with Gasteiger partial charge in [-0.1, -0.05) is 6.07 Å². The van der Waals surface area contributed by atoms with E-state index in [0.29, 0.717) is 39.3 Å². The molecule has 5 aromatic rings. The highest BCUT2D eigenvalue weighted by Crippen LogP contribution is 2.46. The van der Waals surface area contributed by atoms with Gasteiger partial charge in [-0.2, -0.15) is 25.4 Å². The first kappa shape index (κ1) is 21.5. The molecular formula is C28H22N8O. The molecule has 9 heteroatoms. The van der Waals surface area contributed by atoms with Gasteiger partial charge in [0, 0.05) is 43.1 Å². The van der Waals surface area contributed by atoms with Crippen molar-refractivity contribution in [2.45, 2.75) is 37.6 Å². The zero-order valence-corrected chi connectivity index (χ0v) is 20.2. The molecule has 0 saturated heterocycles. The van der Waals surface area contributed by atoms with Crippen LogP contribution < -0.4 is 5.56 Å². The summed E-state index contributed by atoms with van der Waals surface area (Å²) >= 11 is 0. The highest BCUT2D eigenvalue weighted by atomic mass is 16.1. The van der Waals surface area contributed by atoms with Crippen molar-refractivity contribution in [1.82, 2.24) is 29.1 Å². The minimum atomic E-state index is -0.508. The summed E-state index contributed by atoms with van der Waals surface area (Å²) in [7, 11) is 1.85. The van der Waals surface area contributed by atoms with Crippen LogP contribution in [0.25, 0.3) is 38.8 Å². The second-order valence-electron chi connectivity index (χ2n) is 10.2. The smallest absolute Gasteiger partial charge is 0.281 e. The Morgan fingerprint density at radius 3 is 2.62 bits per heavy atom. The van der Waals surface area contributed by atoms with Crippen molar-refractivity contribution in [3.63, 3.8) is 0 Å². The maximum absolute atomic E-state index is 14.1. The molecule has 0 atom stereocenters. The van der Waals surface area contributed by atoms with Gasteiger partial charge in [-0.05, 0) is 55.9 Å². The fraction of sp³-hybridized carbons (Fsp3) is 0.286. The molecule has 180 valence electrons. The summed E-state index contributed by atoms with van der Waals surface area (Å²) in [4.78, 5) is 18.7. The fourth-order valence-electron chi connectivity index (χ4n) is 5.14. The molecule has 2 saturated carbocycles. The van der Waals surface area contributed by atoms with E-state index in [1.807, 2.05) is 54.3 Å². The minimum Gasteiger partial charge on any atom is -0.344 e. The third kappa shape index (κ3) is 3.35. The van der Waals surface area contributed by atoms with E-state index in [9.17, 15) is 15.3 Å². The molecule has 0 bridgehead atoms. The summed E-state index contributed by atoms with van der Waals surface area (Å²) in [6.07, 6.45) is 9.26. The maximum Gasteiger partial charge on any atom is 0.281 e. The number of nitrogens with zero attached hydrogens (tertiary/aromatic N) is 8. The predicted octanol–water partition coefficient (Wildman–Crippen LogP) is 3.97. The molecule has 9 nitrogen and oxygen atoms in total. The highest BCUT2D eigenvalue weighted by molar-refractivity contribution is 5.95. The average Bonchev–Trinajstić information content (AvgIpc) is 3.82. The largest absolute Gasteiger partial charge is 0.344 e. The van der Waals surface area contributed by atoms with E-state index < -0.39 is 5.41 Å². The first-order valence-corrected chi connectivity index (χ1v) is 12.4. The predicted molar refractivity (Wildman–Crippen MR) is 137 cm³/mol. The topological polar surface area (TPSA) is 118 Å². The lowest BCUT2D eigenvalue weighted by atomic mass is 10.0. The van der Waals surface area contributed by atoms with Crippen molar-refractivity contribution in [3.8, 4) is 29.0 Å². The Morgan fingerprint density at radius 1 is 1.11 bits per heavy atom. The molecule has 0 unspecified atom stereocenters. The Morgan fingerprint density at radius 2 is 1.95 bits per heavy atom. The molecular weight excluding hydrogens is 464 g/mol. The molecule has 2 aliphatic rings. The normalized spacial score (nSPS) is 16.1. The Hall–Kier alpha value is -4.76. The Bertz CT molecular complexity index is 1870. The molecule has 1 aromatic carbocycles. The summed E-state index contributed by atoms with van der Waals surface area (Å²) in [5.74, 6) is 0.538. The lowest BCUT2D eigenvalue weighted by Gasteiger charge is -2.13. The summed E-state index contributed by atoms with van der Waals surface area (Å²) in [5.41, 5.74) is 4.03. The lowest BCUT2D eigenvalue weighted by molar-refractivity contribution is 0.646. The number of hydrogen-bond donors (Lipinski definition) is 0. The molecule has 0 radical (unpaired) electrons. The van der Waals surface area contributed by atoms with Crippen LogP contribution in [0.4, 0.5) is 0 Å². The summed E-state index contributed by atoms with van der Waals surface area (Å²) in [6, 6.07) is 13.9. The van der Waals surface area contributed by atoms with Crippen molar-refractivity contribution in [3.05, 3.63) is 70.5 Å². The Balaban J connectivity index is 1.49. The number of aromatic nitrogens is 6. The third-order valence-corrected chi connectivity index (χ3v) is 7.52. The number of rotatable bonds is 5. The molecule has 7 rings (SSSR count). The SMILES string of the molecule is Cn1cc2cc(-n3nc4c(C#N)cn(CC5CC5)c4c(-c4ccc(C5(C#N)CC5)nc4)c3=O)ccc2n1. The molecule has 2 aliphatic carbocycles. The van der Waals surface area contributed by atoms with E-state index in [2.05, 4.69) is 22.2 Å². The van der Waals surface area contributed by atoms with Gasteiger partial charge >= 0.3 is 0 Å². The van der Waals surface area contributed by atoms with E-state index >= 15 is 0 Å². The summed E-state index contributed by atoms with van der Waals surface area (Å²) in [6.45, 7) is 0.737. The van der Waals surface area contributed by atoms with E-state index in [4.69, 9.17) is 5.10 Å². The zero-order valence-electron chi connectivity index (χ0n) is 20.2. The van der Waals surface area contributed by atoms with Gasteiger partial charge in [0.1, 0.15) is 11.6 Å². The monoisotopic (exact) mass is 486 g/mol. The molecule has 0 amide bonds. The van der Waals surface area contributed by atoms with Crippen LogP contribution in [0.2, 0.25) is 0 Å². The third-order valence-electron chi connectivity index (χ3n) is 7.52. The number of hydrogen-bond acceptors (Lipinski definition) is 6. The van der Waals surface area contributed by atoms with Crippen molar-refractivity contribution in [2.24, 2.45) is 13.0 Å². The van der Waals surface area contributed by atoms with Gasteiger partial charge in [-0.15, -0.1) is 0 Å². The van der Waals surface area contributed by atoms with Gasteiger partial charge in [0.2, 0.25) is 0 Å². The van der Waals surface area contributed by atoms with Crippen LogP contribution in [-0.4, -0.2) is 29.1 Å². The van der Waals surface area contributed by atoms with Crippen LogP contribution in [0, 0.1) is 28.6 Å². The van der Waals surface area contributed by atoms with Gasteiger partial charge in [0.25, 0.3) is 5.56 Å². The molecule has 4 heterocycles. The lowest BCUT2D eigenvalue weighted by Crippen LogP contribution is -2.24. The fourth-order valence-corrected chi connectivity index (χ4v) is 5.14. The van der Waals surface area contributed by atoms with Gasteiger partial charge in [-0.3, -0.25) is 14.5 Å². The standard InChI is InChI=1S/C28H22N8O/c1-34-14-19-10-21(5-6-22(19)32-34)36-27(37)24(18-4-7-23(31-12-18)28(16-30)8-9-28)26-25(33-36)20(11-29)15-35(26)13-17-2-3-17/h4-7,10,12,14-15,17H,2-3,8-9,13H2,1H3. The van der Waals surface area contributed by atoms with Gasteiger partial charge in [-0.25, -0.2) is 0 Å². The van der Waals surface area contributed by atoms with Crippen LogP contribution in [-0.2, 0) is 19.0 Å². The second-order valence-corrected chi connectivity index (χ2v) is 10.2. The van der Waals surface area contributed by atoms with Crippen LogP contribution in [0.5, 0.6) is 0 Å². The number of fused-ring (bicyclic) bond motifs is 2. The van der Waals surface area contributed by atoms with E-state index in [0.717, 1.165) is 48.8 Å². The van der Waals surface area contributed by atoms with Crippen LogP contribution in [0.1, 0.15) is 36.9 Å². The molecule has 0 N–H and O–H groups in total. The summed E-state index contributed by atoms with van der Waals surface area (Å²) < 4.78 is 5.11. The van der Waals surface area contributed by atoms with Crippen molar-refractivity contribution in [2.75, 3.05) is 0 Å². The molecule has 0 spiro atoms. The highest BCUT2D eigenvalue weighted by Gasteiger charge is 2.46. The maximum atomic E-state index is 14.1. The van der Waals surface area contributed by atoms with Crippen LogP contribution >= 0.6 is 0 Å². The quantitative estimate of drug-likeness (QED) is 0.371. The Kier molecular flexibility index (Phi) is 4.43. The van der Waals surface area contributed by atoms with Crippen LogP contribution in [0.15, 0.2) is 53.7 Å². The van der Waals surface area contributed by atoms with Crippen molar-refractivity contribution < 1.29 is 0 Å². The van der Waals surface area contributed by atoms with Gasteiger partial charge in [0.15, 0.2) is 0 Å². The number of benzene rings is 1. The molecule has 4 aromatic heterocycles. The first-order chi connectivity index (χ1) is 18.0. The summed E-state index contributed by atoms with van der Waals surface area (Å²) in [5, 5.41) is 29.6. The molecule has 37 heavy (non-hydrogen) atoms. The number of nitriles is 2. The number of aryl methyl sites for hydroxylation is 1. The minimum absolute atomic E-state index is 0.286. The van der Waals surface area contributed by atoms with E-state index in [-0.39, 0.29) is 5.56 Å². The second kappa shape index (κ2) is 7.62. The van der Waals surface area contributed by atoms with E-state index in [1.54, 1.807) is 10.9 Å².